The van der Waals surface area contributed by atoms with E-state index in [0.717, 1.165) is 32.2 Å². The number of rotatable bonds is 5. The van der Waals surface area contributed by atoms with Gasteiger partial charge < -0.3 is 16.0 Å². The Bertz CT molecular complexity index is 436. The van der Waals surface area contributed by atoms with E-state index in [1.54, 1.807) is 0 Å². The zero-order valence-corrected chi connectivity index (χ0v) is 15.4. The van der Waals surface area contributed by atoms with Gasteiger partial charge in [0.25, 0.3) is 0 Å². The molecule has 3 aliphatic rings. The summed E-state index contributed by atoms with van der Waals surface area (Å²) >= 11 is 0. The Labute approximate surface area is 151 Å². The average molecular weight is 358 g/mol. The molecule has 3 rings (SSSR count). The van der Waals surface area contributed by atoms with Crippen LogP contribution < -0.4 is 11.1 Å². The van der Waals surface area contributed by atoms with Gasteiger partial charge in [-0.3, -0.25) is 9.59 Å². The second-order valence-electron chi connectivity index (χ2n) is 7.65. The molecule has 0 aromatic heterocycles. The number of nitrogens with two attached hydrogens (primary N) is 1. The molecular formula is C18H32ClN3O2. The third-order valence-electron chi connectivity index (χ3n) is 5.83. The topological polar surface area (TPSA) is 75.4 Å². The fourth-order valence-electron chi connectivity index (χ4n) is 4.19. The molecule has 3 N–H and O–H groups in total. The van der Waals surface area contributed by atoms with Gasteiger partial charge in [-0.2, -0.15) is 0 Å². The quantitative estimate of drug-likeness (QED) is 0.791. The SMILES string of the molecule is Cl.NCC(NC(=O)C1CCCN(C(=O)C2CC2)C1)C1CCCCC1. The number of piperidine rings is 1. The van der Waals surface area contributed by atoms with Gasteiger partial charge in [-0.05, 0) is 44.4 Å². The molecule has 2 saturated carbocycles. The summed E-state index contributed by atoms with van der Waals surface area (Å²) in [4.78, 5) is 26.8. The van der Waals surface area contributed by atoms with Gasteiger partial charge in [0.15, 0.2) is 0 Å². The molecule has 2 atom stereocenters. The molecule has 2 amide bonds. The minimum absolute atomic E-state index is 0. The second-order valence-corrected chi connectivity index (χ2v) is 7.65. The van der Waals surface area contributed by atoms with Crippen molar-refractivity contribution in [2.24, 2.45) is 23.5 Å². The molecule has 1 aliphatic heterocycles. The van der Waals surface area contributed by atoms with E-state index in [-0.39, 0.29) is 42.1 Å². The van der Waals surface area contributed by atoms with E-state index in [2.05, 4.69) is 5.32 Å². The highest BCUT2D eigenvalue weighted by Gasteiger charge is 2.37. The number of hydrogen-bond donors (Lipinski definition) is 2. The third-order valence-corrected chi connectivity index (χ3v) is 5.83. The van der Waals surface area contributed by atoms with Crippen LogP contribution in [0.3, 0.4) is 0 Å². The maximum atomic E-state index is 12.7. The van der Waals surface area contributed by atoms with Crippen molar-refractivity contribution < 1.29 is 9.59 Å². The summed E-state index contributed by atoms with van der Waals surface area (Å²) < 4.78 is 0. The number of halogens is 1. The van der Waals surface area contributed by atoms with Crippen LogP contribution in [0.25, 0.3) is 0 Å². The molecule has 3 fully saturated rings. The molecule has 0 aromatic carbocycles. The second kappa shape index (κ2) is 9.04. The summed E-state index contributed by atoms with van der Waals surface area (Å²) in [6.45, 7) is 1.94. The molecule has 2 aliphatic carbocycles. The molecule has 138 valence electrons. The van der Waals surface area contributed by atoms with Crippen LogP contribution in [-0.4, -0.2) is 42.4 Å². The summed E-state index contributed by atoms with van der Waals surface area (Å²) in [6.07, 6.45) is 10.1. The average Bonchev–Trinajstić information content (AvgIpc) is 3.44. The Morgan fingerprint density at radius 3 is 2.33 bits per heavy atom. The van der Waals surface area contributed by atoms with Crippen LogP contribution in [0.15, 0.2) is 0 Å². The molecule has 0 radical (unpaired) electrons. The number of likely N-dealkylation sites (tertiary alicyclic amines) is 1. The largest absolute Gasteiger partial charge is 0.352 e. The first-order valence-electron chi connectivity index (χ1n) is 9.48. The number of amides is 2. The maximum absolute atomic E-state index is 12.7. The van der Waals surface area contributed by atoms with Gasteiger partial charge in [0, 0.05) is 31.6 Å². The van der Waals surface area contributed by atoms with E-state index in [0.29, 0.717) is 19.0 Å². The summed E-state index contributed by atoms with van der Waals surface area (Å²) in [7, 11) is 0. The van der Waals surface area contributed by atoms with Gasteiger partial charge in [-0.15, -0.1) is 12.4 Å². The fraction of sp³-hybridized carbons (Fsp3) is 0.889. The van der Waals surface area contributed by atoms with E-state index in [4.69, 9.17) is 5.73 Å². The van der Waals surface area contributed by atoms with Gasteiger partial charge in [0.05, 0.1) is 5.92 Å². The first-order valence-corrected chi connectivity index (χ1v) is 9.48. The minimum Gasteiger partial charge on any atom is -0.352 e. The summed E-state index contributed by atoms with van der Waals surface area (Å²) in [5.74, 6) is 1.11. The van der Waals surface area contributed by atoms with Crippen molar-refractivity contribution in [2.45, 2.75) is 63.8 Å². The van der Waals surface area contributed by atoms with Crippen molar-refractivity contribution >= 4 is 24.2 Å². The number of nitrogens with one attached hydrogen (secondary N) is 1. The molecule has 6 heteroatoms. The Morgan fingerprint density at radius 2 is 1.71 bits per heavy atom. The molecule has 5 nitrogen and oxygen atoms in total. The van der Waals surface area contributed by atoms with Gasteiger partial charge in [-0.1, -0.05) is 19.3 Å². The van der Waals surface area contributed by atoms with E-state index >= 15 is 0 Å². The van der Waals surface area contributed by atoms with Crippen LogP contribution in [0.2, 0.25) is 0 Å². The molecule has 0 spiro atoms. The highest BCUT2D eigenvalue weighted by molar-refractivity contribution is 5.85. The van der Waals surface area contributed by atoms with Crippen molar-refractivity contribution in [3.63, 3.8) is 0 Å². The standard InChI is InChI=1S/C18H31N3O2.ClH/c19-11-16(13-5-2-1-3-6-13)20-17(22)15-7-4-10-21(12-15)18(23)14-8-9-14;/h13-16H,1-12,19H2,(H,20,22);1H. The number of hydrogen-bond acceptors (Lipinski definition) is 3. The predicted octanol–water partition coefficient (Wildman–Crippen LogP) is 2.08. The van der Waals surface area contributed by atoms with Gasteiger partial charge in [0.1, 0.15) is 0 Å². The Kier molecular flexibility index (Phi) is 7.35. The molecule has 0 aromatic rings. The minimum atomic E-state index is -0.0518. The number of carbonyl (C=O) groups excluding carboxylic acids is 2. The molecular weight excluding hydrogens is 326 g/mol. The van der Waals surface area contributed by atoms with Gasteiger partial charge >= 0.3 is 0 Å². The molecule has 1 saturated heterocycles. The Balaban J connectivity index is 0.00000208. The van der Waals surface area contributed by atoms with Crippen molar-refractivity contribution in [3.05, 3.63) is 0 Å². The van der Waals surface area contributed by atoms with Crippen LogP contribution >= 0.6 is 12.4 Å². The van der Waals surface area contributed by atoms with Crippen LogP contribution in [-0.2, 0) is 9.59 Å². The number of carbonyl (C=O) groups is 2. The maximum Gasteiger partial charge on any atom is 0.225 e. The fourth-order valence-corrected chi connectivity index (χ4v) is 4.19. The van der Waals surface area contributed by atoms with Crippen LogP contribution in [0.5, 0.6) is 0 Å². The van der Waals surface area contributed by atoms with Gasteiger partial charge in [0.2, 0.25) is 11.8 Å². The molecule has 24 heavy (non-hydrogen) atoms. The van der Waals surface area contributed by atoms with E-state index in [1.807, 2.05) is 4.90 Å². The van der Waals surface area contributed by atoms with Crippen molar-refractivity contribution in [1.29, 1.82) is 0 Å². The summed E-state index contributed by atoms with van der Waals surface area (Å²) in [5, 5.41) is 3.21. The zero-order chi connectivity index (χ0) is 16.2. The van der Waals surface area contributed by atoms with Gasteiger partial charge in [-0.25, -0.2) is 0 Å². The lowest BCUT2D eigenvalue weighted by atomic mass is 9.83. The van der Waals surface area contributed by atoms with Crippen molar-refractivity contribution in [3.8, 4) is 0 Å². The number of nitrogens with zero attached hydrogens (tertiary/aromatic N) is 1. The third kappa shape index (κ3) is 4.85. The normalized spacial score (nSPS) is 26.4. The monoisotopic (exact) mass is 357 g/mol. The zero-order valence-electron chi connectivity index (χ0n) is 14.5. The van der Waals surface area contributed by atoms with E-state index in [9.17, 15) is 9.59 Å². The van der Waals surface area contributed by atoms with Crippen LogP contribution in [0, 0.1) is 17.8 Å². The first-order chi connectivity index (χ1) is 11.2. The molecule has 2 unspecified atom stereocenters. The first kappa shape index (κ1) is 19.5. The predicted molar refractivity (Wildman–Crippen MR) is 96.8 cm³/mol. The lowest BCUT2D eigenvalue weighted by molar-refractivity contribution is -0.137. The highest BCUT2D eigenvalue weighted by Crippen LogP contribution is 2.32. The van der Waals surface area contributed by atoms with Crippen molar-refractivity contribution in [1.82, 2.24) is 10.2 Å². The summed E-state index contributed by atoms with van der Waals surface area (Å²) in [5.41, 5.74) is 5.93. The Morgan fingerprint density at radius 1 is 1.00 bits per heavy atom. The van der Waals surface area contributed by atoms with E-state index in [1.165, 1.54) is 32.1 Å². The lowest BCUT2D eigenvalue weighted by Gasteiger charge is -2.35. The summed E-state index contributed by atoms with van der Waals surface area (Å²) in [6, 6.07) is 0.109. The smallest absolute Gasteiger partial charge is 0.225 e. The van der Waals surface area contributed by atoms with Crippen LogP contribution in [0.4, 0.5) is 0 Å². The lowest BCUT2D eigenvalue weighted by Crippen LogP contribution is -2.51. The Hall–Kier alpha value is -0.810. The molecule has 1 heterocycles. The highest BCUT2D eigenvalue weighted by atomic mass is 35.5. The van der Waals surface area contributed by atoms with E-state index < -0.39 is 0 Å². The molecule has 0 bridgehead atoms. The van der Waals surface area contributed by atoms with Crippen molar-refractivity contribution in [2.75, 3.05) is 19.6 Å². The van der Waals surface area contributed by atoms with Crippen LogP contribution in [0.1, 0.15) is 57.8 Å².